The van der Waals surface area contributed by atoms with Crippen LogP contribution in [0.4, 0.5) is 5.69 Å². The van der Waals surface area contributed by atoms with E-state index >= 15 is 0 Å². The monoisotopic (exact) mass is 475 g/mol. The summed E-state index contributed by atoms with van der Waals surface area (Å²) in [6.07, 6.45) is 7.90. The van der Waals surface area contributed by atoms with Gasteiger partial charge in [0, 0.05) is 36.8 Å². The second kappa shape index (κ2) is 11.7. The first kappa shape index (κ1) is 25.2. The van der Waals surface area contributed by atoms with E-state index in [0.717, 1.165) is 32.1 Å². The number of allylic oxidation sites excluding steroid dienone is 1. The van der Waals surface area contributed by atoms with E-state index in [-0.39, 0.29) is 36.2 Å². The van der Waals surface area contributed by atoms with Crippen LogP contribution < -0.4 is 10.6 Å². The molecule has 0 aromatic heterocycles. The van der Waals surface area contributed by atoms with Crippen molar-refractivity contribution < 1.29 is 19.5 Å². The average Bonchev–Trinajstić information content (AvgIpc) is 3.10. The van der Waals surface area contributed by atoms with Gasteiger partial charge in [-0.1, -0.05) is 43.5 Å². The molecule has 0 unspecified atom stereocenters. The Balaban J connectivity index is 1.88. The fourth-order valence-corrected chi connectivity index (χ4v) is 5.28. The number of benzene rings is 1. The maximum Gasteiger partial charge on any atom is 0.247 e. The first-order valence-corrected chi connectivity index (χ1v) is 12.2. The van der Waals surface area contributed by atoms with Gasteiger partial charge >= 0.3 is 0 Å². The highest BCUT2D eigenvalue weighted by molar-refractivity contribution is 6.30. The third-order valence-electron chi connectivity index (χ3n) is 6.82. The second-order valence-electron chi connectivity index (χ2n) is 8.81. The van der Waals surface area contributed by atoms with E-state index in [2.05, 4.69) is 10.6 Å². The molecule has 3 N–H and O–H groups in total. The van der Waals surface area contributed by atoms with Crippen LogP contribution in [0.25, 0.3) is 0 Å². The van der Waals surface area contributed by atoms with Gasteiger partial charge in [-0.15, -0.1) is 0 Å². The van der Waals surface area contributed by atoms with Gasteiger partial charge in [0.25, 0.3) is 0 Å². The molecule has 0 bridgehead atoms. The van der Waals surface area contributed by atoms with Crippen LogP contribution in [0, 0.1) is 23.7 Å². The third-order valence-corrected chi connectivity index (χ3v) is 7.07. The molecule has 1 heterocycles. The molecule has 1 aliphatic carbocycles. The van der Waals surface area contributed by atoms with E-state index < -0.39 is 17.9 Å². The molecule has 1 saturated heterocycles. The van der Waals surface area contributed by atoms with E-state index in [4.69, 9.17) is 16.7 Å². The lowest BCUT2D eigenvalue weighted by molar-refractivity contribution is -0.140. The Bertz CT molecular complexity index is 873. The normalized spacial score (nSPS) is 26.2. The number of likely N-dealkylation sites (tertiary alicyclic amines) is 1. The average molecular weight is 476 g/mol. The molecule has 180 valence electrons. The van der Waals surface area contributed by atoms with Crippen LogP contribution in [0.5, 0.6) is 0 Å². The summed E-state index contributed by atoms with van der Waals surface area (Å²) < 4.78 is 0. The topological polar surface area (TPSA) is 98.7 Å². The molecule has 0 spiro atoms. The van der Waals surface area contributed by atoms with Gasteiger partial charge in [0.1, 0.15) is 6.04 Å². The van der Waals surface area contributed by atoms with Crippen molar-refractivity contribution in [3.63, 3.8) is 0 Å². The molecule has 1 aromatic rings. The number of amides is 3. The zero-order valence-electron chi connectivity index (χ0n) is 19.3. The SMILES string of the molecule is CC[C@@H]1C=C[C@H]2[C@@H](C(=O)N(CCCCCCO)[C@@H]2C(=O)Nc2ccc(Cl)cc2)[C@@H]1C(=O)NC. The minimum absolute atomic E-state index is 0.0420. The first-order valence-electron chi connectivity index (χ1n) is 11.8. The van der Waals surface area contributed by atoms with Gasteiger partial charge in [0.2, 0.25) is 17.7 Å². The number of aliphatic hydroxyl groups excluding tert-OH is 1. The lowest BCUT2D eigenvalue weighted by Crippen LogP contribution is -2.45. The lowest BCUT2D eigenvalue weighted by Gasteiger charge is -2.33. The van der Waals surface area contributed by atoms with Crippen LogP contribution >= 0.6 is 11.6 Å². The number of anilines is 1. The summed E-state index contributed by atoms with van der Waals surface area (Å²) in [5.74, 6) is -2.01. The van der Waals surface area contributed by atoms with Crippen LogP contribution in [0.1, 0.15) is 39.0 Å². The number of hydrogen-bond acceptors (Lipinski definition) is 4. The molecule has 1 fully saturated rings. The van der Waals surface area contributed by atoms with Crippen molar-refractivity contribution in [1.29, 1.82) is 0 Å². The minimum atomic E-state index is -0.683. The van der Waals surface area contributed by atoms with Gasteiger partial charge in [-0.25, -0.2) is 0 Å². The van der Waals surface area contributed by atoms with E-state index in [1.165, 1.54) is 0 Å². The molecular weight excluding hydrogens is 442 g/mol. The number of unbranched alkanes of at least 4 members (excludes halogenated alkanes) is 3. The lowest BCUT2D eigenvalue weighted by atomic mass is 9.69. The molecule has 0 radical (unpaired) electrons. The Morgan fingerprint density at radius 2 is 1.76 bits per heavy atom. The smallest absolute Gasteiger partial charge is 0.247 e. The number of hydrogen-bond donors (Lipinski definition) is 3. The van der Waals surface area contributed by atoms with Gasteiger partial charge in [0.15, 0.2) is 0 Å². The number of nitrogens with zero attached hydrogens (tertiary/aromatic N) is 1. The zero-order valence-corrected chi connectivity index (χ0v) is 20.1. The number of carbonyl (C=O) groups excluding carboxylic acids is 3. The van der Waals surface area contributed by atoms with E-state index in [1.807, 2.05) is 19.1 Å². The fourth-order valence-electron chi connectivity index (χ4n) is 5.15. The maximum absolute atomic E-state index is 13.6. The quantitative estimate of drug-likeness (QED) is 0.357. The Labute approximate surface area is 200 Å². The number of halogens is 1. The van der Waals surface area contributed by atoms with Crippen molar-refractivity contribution in [2.24, 2.45) is 23.7 Å². The molecule has 8 heteroatoms. The van der Waals surface area contributed by atoms with Gasteiger partial charge < -0.3 is 20.6 Å². The van der Waals surface area contributed by atoms with Gasteiger partial charge in [-0.2, -0.15) is 0 Å². The molecule has 1 aromatic carbocycles. The molecule has 5 atom stereocenters. The van der Waals surface area contributed by atoms with E-state index in [0.29, 0.717) is 17.3 Å². The van der Waals surface area contributed by atoms with Crippen LogP contribution in [-0.4, -0.2) is 54.0 Å². The van der Waals surface area contributed by atoms with Crippen LogP contribution in [0.2, 0.25) is 5.02 Å². The number of nitrogens with one attached hydrogen (secondary N) is 2. The van der Waals surface area contributed by atoms with Crippen molar-refractivity contribution in [3.8, 4) is 0 Å². The number of carbonyl (C=O) groups is 3. The van der Waals surface area contributed by atoms with Crippen LogP contribution in [0.15, 0.2) is 36.4 Å². The van der Waals surface area contributed by atoms with Gasteiger partial charge in [-0.3, -0.25) is 14.4 Å². The third kappa shape index (κ3) is 5.58. The van der Waals surface area contributed by atoms with Gasteiger partial charge in [-0.05, 0) is 49.4 Å². The highest BCUT2D eigenvalue weighted by atomic mass is 35.5. The zero-order chi connectivity index (χ0) is 24.0. The van der Waals surface area contributed by atoms with Crippen molar-refractivity contribution in [2.45, 2.75) is 45.1 Å². The predicted octanol–water partition coefficient (Wildman–Crippen LogP) is 3.23. The molecule has 1 aliphatic heterocycles. The van der Waals surface area contributed by atoms with Gasteiger partial charge in [0.05, 0.1) is 11.8 Å². The molecular formula is C25H34ClN3O4. The molecule has 2 aliphatic rings. The summed E-state index contributed by atoms with van der Waals surface area (Å²) in [7, 11) is 1.59. The van der Waals surface area contributed by atoms with Crippen LogP contribution in [0.3, 0.4) is 0 Å². The van der Waals surface area contributed by atoms with Crippen molar-refractivity contribution >= 4 is 35.0 Å². The predicted molar refractivity (Wildman–Crippen MR) is 129 cm³/mol. The summed E-state index contributed by atoms with van der Waals surface area (Å²) in [6, 6.07) is 6.17. The van der Waals surface area contributed by atoms with E-state index in [9.17, 15) is 14.4 Å². The fraction of sp³-hybridized carbons (Fsp3) is 0.560. The largest absolute Gasteiger partial charge is 0.396 e. The summed E-state index contributed by atoms with van der Waals surface area (Å²) in [5.41, 5.74) is 0.609. The number of rotatable bonds is 10. The van der Waals surface area contributed by atoms with Crippen LogP contribution in [-0.2, 0) is 14.4 Å². The highest BCUT2D eigenvalue weighted by Crippen LogP contribution is 2.45. The standard InChI is InChI=1S/C25H34ClN3O4/c1-3-16-8-13-19-21(20(16)23(31)27-2)25(33)29(14-6-4-5-7-15-30)22(19)24(32)28-18-11-9-17(26)10-12-18/h8-13,16,19-22,30H,3-7,14-15H2,1-2H3,(H,27,31)(H,28,32)/t16-,19+,20-,21-,22+/m1/s1. The molecule has 0 saturated carbocycles. The summed E-state index contributed by atoms with van der Waals surface area (Å²) in [6.45, 7) is 2.60. The Morgan fingerprint density at radius 3 is 2.39 bits per heavy atom. The highest BCUT2D eigenvalue weighted by Gasteiger charge is 2.56. The van der Waals surface area contributed by atoms with Crippen molar-refractivity contribution in [3.05, 3.63) is 41.4 Å². The minimum Gasteiger partial charge on any atom is -0.396 e. The molecule has 7 nitrogen and oxygen atoms in total. The molecule has 33 heavy (non-hydrogen) atoms. The Kier molecular flexibility index (Phi) is 8.92. The summed E-state index contributed by atoms with van der Waals surface area (Å²) in [5, 5.41) is 15.2. The summed E-state index contributed by atoms with van der Waals surface area (Å²) in [4.78, 5) is 41.6. The van der Waals surface area contributed by atoms with Crippen molar-refractivity contribution in [1.82, 2.24) is 10.2 Å². The Morgan fingerprint density at radius 1 is 1.06 bits per heavy atom. The second-order valence-corrected chi connectivity index (χ2v) is 9.25. The molecule has 3 rings (SSSR count). The summed E-state index contributed by atoms with van der Waals surface area (Å²) >= 11 is 5.96. The Hall–Kier alpha value is -2.38. The van der Waals surface area contributed by atoms with E-state index in [1.54, 1.807) is 36.2 Å². The first-order chi connectivity index (χ1) is 15.9. The van der Waals surface area contributed by atoms with Crippen molar-refractivity contribution in [2.75, 3.05) is 25.5 Å². The number of aliphatic hydroxyl groups is 1. The molecule has 3 amide bonds. The maximum atomic E-state index is 13.6. The number of fused-ring (bicyclic) bond motifs is 1.